The minimum Gasteiger partial charge on any atom is -0.507 e. The van der Waals surface area contributed by atoms with Gasteiger partial charge in [-0.25, -0.2) is 15.0 Å². The average molecular weight is 496 g/mol. The molecule has 1 atom stereocenters. The molecule has 0 amide bonds. The summed E-state index contributed by atoms with van der Waals surface area (Å²) in [4.78, 5) is 26.5. The van der Waals surface area contributed by atoms with E-state index in [-0.39, 0.29) is 24.1 Å². The van der Waals surface area contributed by atoms with Crippen LogP contribution in [-0.4, -0.2) is 32.4 Å². The van der Waals surface area contributed by atoms with E-state index >= 15 is 0 Å². The van der Waals surface area contributed by atoms with E-state index in [1.807, 2.05) is 60.7 Å². The van der Waals surface area contributed by atoms with Crippen molar-refractivity contribution < 1.29 is 14.6 Å². The minimum absolute atomic E-state index is 0.00225. The summed E-state index contributed by atoms with van der Waals surface area (Å²) in [7, 11) is 0. The van der Waals surface area contributed by atoms with Gasteiger partial charge in [0.05, 0.1) is 12.2 Å². The second-order valence-electron chi connectivity index (χ2n) is 9.03. The number of aromatic hydroxyl groups is 1. The number of hydrogen-bond donors (Lipinski definition) is 1. The van der Waals surface area contributed by atoms with Gasteiger partial charge in [0.15, 0.2) is 17.5 Å². The second kappa shape index (κ2) is 12.8. The van der Waals surface area contributed by atoms with Crippen molar-refractivity contribution in [1.29, 1.82) is 0 Å². The van der Waals surface area contributed by atoms with Crippen molar-refractivity contribution in [3.8, 4) is 45.7 Å². The predicted octanol–water partition coefficient (Wildman–Crippen LogP) is 7.13. The number of hydrogen-bond acceptors (Lipinski definition) is 6. The van der Waals surface area contributed by atoms with Crippen molar-refractivity contribution in [2.45, 2.75) is 46.0 Å². The molecule has 190 valence electrons. The van der Waals surface area contributed by atoms with Gasteiger partial charge in [0, 0.05) is 29.5 Å². The molecule has 0 bridgehead atoms. The molecule has 1 unspecified atom stereocenters. The zero-order chi connectivity index (χ0) is 26.0. The van der Waals surface area contributed by atoms with Crippen molar-refractivity contribution in [3.05, 3.63) is 78.9 Å². The number of phenols is 1. The first-order valence-electron chi connectivity index (χ1n) is 12.9. The molecule has 1 aromatic heterocycles. The Bertz CT molecular complexity index is 1250. The van der Waals surface area contributed by atoms with E-state index in [1.165, 1.54) is 0 Å². The van der Waals surface area contributed by atoms with Gasteiger partial charge in [-0.05, 0) is 25.0 Å². The van der Waals surface area contributed by atoms with Crippen LogP contribution in [0.1, 0.15) is 46.0 Å². The van der Waals surface area contributed by atoms with Crippen LogP contribution in [0.2, 0.25) is 0 Å². The fraction of sp³-hybridized carbons (Fsp3) is 0.290. The maximum atomic E-state index is 12.5. The molecular weight excluding hydrogens is 462 g/mol. The maximum Gasteiger partial charge on any atom is 0.167 e. The molecule has 3 aromatic carbocycles. The second-order valence-corrected chi connectivity index (χ2v) is 9.03. The molecule has 1 N–H and O–H groups in total. The summed E-state index contributed by atoms with van der Waals surface area (Å²) in [6.07, 6.45) is 4.31. The van der Waals surface area contributed by atoms with Crippen LogP contribution in [0, 0.1) is 5.92 Å². The molecule has 4 aromatic rings. The van der Waals surface area contributed by atoms with E-state index < -0.39 is 0 Å². The van der Waals surface area contributed by atoms with E-state index in [0.29, 0.717) is 35.2 Å². The number of aromatic nitrogens is 3. The van der Waals surface area contributed by atoms with Crippen LogP contribution in [0.4, 0.5) is 0 Å². The Morgan fingerprint density at radius 3 is 1.97 bits per heavy atom. The van der Waals surface area contributed by atoms with Crippen LogP contribution in [0.5, 0.6) is 11.5 Å². The smallest absolute Gasteiger partial charge is 0.167 e. The van der Waals surface area contributed by atoms with Gasteiger partial charge in [-0.1, -0.05) is 87.4 Å². The van der Waals surface area contributed by atoms with Crippen molar-refractivity contribution >= 4 is 5.78 Å². The normalized spacial score (nSPS) is 11.7. The molecule has 37 heavy (non-hydrogen) atoms. The molecule has 0 aliphatic carbocycles. The lowest BCUT2D eigenvalue weighted by Crippen LogP contribution is -2.16. The molecule has 0 fully saturated rings. The molecule has 0 saturated heterocycles. The lowest BCUT2D eigenvalue weighted by atomic mass is 9.93. The molecule has 4 rings (SSSR count). The topological polar surface area (TPSA) is 85.2 Å². The van der Waals surface area contributed by atoms with E-state index in [2.05, 4.69) is 28.8 Å². The Hall–Kier alpha value is -4.06. The zero-order valence-electron chi connectivity index (χ0n) is 21.4. The number of carbonyl (C=O) groups excluding carboxylic acids is 1. The molecule has 0 spiro atoms. The van der Waals surface area contributed by atoms with E-state index in [9.17, 15) is 9.90 Å². The number of rotatable bonds is 12. The Balaban J connectivity index is 1.55. The van der Waals surface area contributed by atoms with E-state index in [4.69, 9.17) is 4.74 Å². The molecule has 0 aliphatic heterocycles. The number of ether oxygens (including phenoxy) is 1. The van der Waals surface area contributed by atoms with Crippen LogP contribution < -0.4 is 4.74 Å². The number of Topliss-reactive ketones (excluding diaryl/α,β-unsaturated/α-hetero) is 1. The van der Waals surface area contributed by atoms with Gasteiger partial charge in [0.1, 0.15) is 17.3 Å². The van der Waals surface area contributed by atoms with Crippen molar-refractivity contribution in [2.24, 2.45) is 5.92 Å². The highest BCUT2D eigenvalue weighted by molar-refractivity contribution is 5.81. The summed E-state index contributed by atoms with van der Waals surface area (Å²) in [5.41, 5.74) is 2.19. The summed E-state index contributed by atoms with van der Waals surface area (Å²) < 4.78 is 5.80. The summed E-state index contributed by atoms with van der Waals surface area (Å²) in [6.45, 7) is 4.48. The van der Waals surface area contributed by atoms with Crippen LogP contribution in [0.15, 0.2) is 78.9 Å². The van der Waals surface area contributed by atoms with Crippen LogP contribution >= 0.6 is 0 Å². The zero-order valence-corrected chi connectivity index (χ0v) is 21.4. The van der Waals surface area contributed by atoms with Crippen LogP contribution in [0.25, 0.3) is 34.2 Å². The summed E-state index contributed by atoms with van der Waals surface area (Å²) >= 11 is 0. The fourth-order valence-corrected chi connectivity index (χ4v) is 4.24. The highest BCUT2D eigenvalue weighted by Gasteiger charge is 2.17. The third kappa shape index (κ3) is 6.79. The monoisotopic (exact) mass is 495 g/mol. The SMILES string of the molecule is CCCCC(CC)C(=O)CCOc1ccc(-c2nc(-c3ccccc3)nc(-c3ccccc3)n2)c(O)c1. The van der Waals surface area contributed by atoms with Gasteiger partial charge in [-0.3, -0.25) is 4.79 Å². The van der Waals surface area contributed by atoms with Gasteiger partial charge >= 0.3 is 0 Å². The lowest BCUT2D eigenvalue weighted by molar-refractivity contribution is -0.123. The molecule has 1 heterocycles. The quantitative estimate of drug-likeness (QED) is 0.225. The predicted molar refractivity (Wildman–Crippen MR) is 146 cm³/mol. The third-order valence-electron chi connectivity index (χ3n) is 6.38. The van der Waals surface area contributed by atoms with Gasteiger partial charge in [0.25, 0.3) is 0 Å². The Labute approximate surface area is 218 Å². The highest BCUT2D eigenvalue weighted by atomic mass is 16.5. The highest BCUT2D eigenvalue weighted by Crippen LogP contribution is 2.32. The number of ketones is 1. The first kappa shape index (κ1) is 26.0. The largest absolute Gasteiger partial charge is 0.507 e. The molecule has 0 radical (unpaired) electrons. The maximum absolute atomic E-state index is 12.5. The van der Waals surface area contributed by atoms with Gasteiger partial charge in [0.2, 0.25) is 0 Å². The molecule has 0 saturated carbocycles. The Kier molecular flexibility index (Phi) is 8.98. The summed E-state index contributed by atoms with van der Waals surface area (Å²) in [5.74, 6) is 2.25. The first-order chi connectivity index (χ1) is 18.1. The van der Waals surface area contributed by atoms with Gasteiger partial charge in [-0.2, -0.15) is 0 Å². The van der Waals surface area contributed by atoms with E-state index in [0.717, 1.165) is 36.8 Å². The van der Waals surface area contributed by atoms with E-state index in [1.54, 1.807) is 18.2 Å². The van der Waals surface area contributed by atoms with Crippen molar-refractivity contribution in [2.75, 3.05) is 6.61 Å². The Morgan fingerprint density at radius 2 is 1.43 bits per heavy atom. The molecule has 6 heteroatoms. The molecular formula is C31H33N3O3. The number of benzene rings is 3. The number of nitrogens with zero attached hydrogens (tertiary/aromatic N) is 3. The summed E-state index contributed by atoms with van der Waals surface area (Å²) in [5, 5.41) is 10.9. The standard InChI is InChI=1S/C31H33N3O3/c1-3-5-12-22(4-2)27(35)19-20-37-25-17-18-26(28(36)21-25)31-33-29(23-13-8-6-9-14-23)32-30(34-31)24-15-10-7-11-16-24/h6-11,13-18,21-22,36H,3-5,12,19-20H2,1-2H3. The number of carbonyl (C=O) groups is 1. The third-order valence-corrected chi connectivity index (χ3v) is 6.38. The minimum atomic E-state index is 0.00225. The molecule has 0 aliphatic rings. The van der Waals surface area contributed by atoms with Crippen molar-refractivity contribution in [3.63, 3.8) is 0 Å². The van der Waals surface area contributed by atoms with Gasteiger partial charge < -0.3 is 9.84 Å². The first-order valence-corrected chi connectivity index (χ1v) is 12.9. The number of unbranched alkanes of at least 4 members (excludes halogenated alkanes) is 1. The summed E-state index contributed by atoms with van der Waals surface area (Å²) in [6, 6.07) is 24.4. The molecule has 6 nitrogen and oxygen atoms in total. The Morgan fingerprint density at radius 1 is 0.838 bits per heavy atom. The fourth-order valence-electron chi connectivity index (χ4n) is 4.24. The number of phenolic OH excluding ortho intramolecular Hbond substituents is 1. The average Bonchev–Trinajstić information content (AvgIpc) is 2.94. The van der Waals surface area contributed by atoms with Crippen LogP contribution in [-0.2, 0) is 4.79 Å². The van der Waals surface area contributed by atoms with Gasteiger partial charge in [-0.15, -0.1) is 0 Å². The lowest BCUT2D eigenvalue weighted by Gasteiger charge is -2.14. The van der Waals surface area contributed by atoms with Crippen LogP contribution in [0.3, 0.4) is 0 Å². The van der Waals surface area contributed by atoms with Crippen molar-refractivity contribution in [1.82, 2.24) is 15.0 Å².